The van der Waals surface area contributed by atoms with Crippen molar-refractivity contribution in [2.45, 2.75) is 13.0 Å². The zero-order chi connectivity index (χ0) is 19.1. The van der Waals surface area contributed by atoms with Crippen molar-refractivity contribution in [1.82, 2.24) is 19.5 Å². The highest BCUT2D eigenvalue weighted by molar-refractivity contribution is 7.89. The predicted molar refractivity (Wildman–Crippen MR) is 104 cm³/mol. The number of benzene rings is 1. The fourth-order valence-electron chi connectivity index (χ4n) is 2.56. The number of rotatable bonds is 8. The van der Waals surface area contributed by atoms with Gasteiger partial charge in [0.15, 0.2) is 0 Å². The Morgan fingerprint density at radius 3 is 2.44 bits per heavy atom. The Balaban J connectivity index is 1.59. The fraction of sp³-hybridized carbons (Fsp3) is 0.211. The van der Waals surface area contributed by atoms with E-state index in [4.69, 9.17) is 0 Å². The summed E-state index contributed by atoms with van der Waals surface area (Å²) in [6, 6.07) is 16.1. The molecule has 140 valence electrons. The van der Waals surface area contributed by atoms with Gasteiger partial charge in [0.25, 0.3) is 5.56 Å². The van der Waals surface area contributed by atoms with Crippen LogP contribution in [0.15, 0.2) is 71.8 Å². The van der Waals surface area contributed by atoms with Gasteiger partial charge in [0.05, 0.1) is 18.0 Å². The minimum atomic E-state index is -3.43. The highest BCUT2D eigenvalue weighted by Crippen LogP contribution is 2.12. The summed E-state index contributed by atoms with van der Waals surface area (Å²) in [6.45, 7) is 0.256. The highest BCUT2D eigenvalue weighted by atomic mass is 32.2. The van der Waals surface area contributed by atoms with E-state index in [2.05, 4.69) is 14.8 Å². The smallest absolute Gasteiger partial charge is 0.266 e. The van der Waals surface area contributed by atoms with Crippen molar-refractivity contribution in [3.63, 3.8) is 0 Å². The number of hydrogen-bond donors (Lipinski definition) is 1. The second kappa shape index (κ2) is 8.70. The normalized spacial score (nSPS) is 11.4. The van der Waals surface area contributed by atoms with Gasteiger partial charge in [0, 0.05) is 30.6 Å². The quantitative estimate of drug-likeness (QED) is 0.635. The molecule has 3 aromatic rings. The van der Waals surface area contributed by atoms with Crippen molar-refractivity contribution < 1.29 is 8.42 Å². The molecule has 0 fully saturated rings. The topological polar surface area (TPSA) is 93.9 Å². The second-order valence-corrected chi connectivity index (χ2v) is 7.89. The van der Waals surface area contributed by atoms with Gasteiger partial charge in [-0.2, -0.15) is 5.10 Å². The van der Waals surface area contributed by atoms with E-state index >= 15 is 0 Å². The molecule has 0 saturated carbocycles. The molecule has 0 unspecified atom stereocenters. The minimum absolute atomic E-state index is 0.00358. The van der Waals surface area contributed by atoms with Crippen LogP contribution < -0.4 is 10.3 Å². The van der Waals surface area contributed by atoms with Crippen LogP contribution in [0.4, 0.5) is 0 Å². The molecular weight excluding hydrogens is 364 g/mol. The average Bonchev–Trinajstić information content (AvgIpc) is 2.69. The Kier molecular flexibility index (Phi) is 6.10. The third kappa shape index (κ3) is 5.57. The zero-order valence-corrected chi connectivity index (χ0v) is 15.5. The second-order valence-electron chi connectivity index (χ2n) is 5.96. The monoisotopic (exact) mass is 384 g/mol. The van der Waals surface area contributed by atoms with Gasteiger partial charge in [-0.05, 0) is 30.2 Å². The third-order valence-electron chi connectivity index (χ3n) is 3.99. The first-order valence-corrected chi connectivity index (χ1v) is 10.2. The molecule has 0 aliphatic carbocycles. The molecule has 2 aromatic heterocycles. The molecule has 0 aliphatic rings. The van der Waals surface area contributed by atoms with E-state index in [1.165, 1.54) is 10.7 Å². The van der Waals surface area contributed by atoms with Crippen molar-refractivity contribution in [2.24, 2.45) is 0 Å². The van der Waals surface area contributed by atoms with Crippen LogP contribution in [0.3, 0.4) is 0 Å². The van der Waals surface area contributed by atoms with E-state index in [1.807, 2.05) is 30.3 Å². The van der Waals surface area contributed by atoms with Crippen LogP contribution in [-0.2, 0) is 23.0 Å². The number of sulfonamides is 1. The Morgan fingerprint density at radius 1 is 0.963 bits per heavy atom. The zero-order valence-electron chi connectivity index (χ0n) is 14.7. The molecule has 1 aromatic carbocycles. The molecule has 1 N–H and O–H groups in total. The standard InChI is InChI=1S/C19H20N4O3S/c24-19-7-6-18(17-8-11-20-12-9-17)22-23(19)14-13-21-27(25,26)15-10-16-4-2-1-3-5-16/h1-9,11-12,21H,10,13-15H2. The molecule has 0 spiro atoms. The molecule has 0 amide bonds. The molecule has 0 radical (unpaired) electrons. The molecular formula is C19H20N4O3S. The number of nitrogens with zero attached hydrogens (tertiary/aromatic N) is 3. The Hall–Kier alpha value is -2.84. The molecule has 0 saturated heterocycles. The van der Waals surface area contributed by atoms with Crippen molar-refractivity contribution in [3.05, 3.63) is 82.9 Å². The summed E-state index contributed by atoms with van der Waals surface area (Å²) in [7, 11) is -3.43. The fourth-order valence-corrected chi connectivity index (χ4v) is 3.61. The van der Waals surface area contributed by atoms with E-state index in [9.17, 15) is 13.2 Å². The Morgan fingerprint density at radius 2 is 1.70 bits per heavy atom. The molecule has 7 nitrogen and oxygen atoms in total. The summed E-state index contributed by atoms with van der Waals surface area (Å²) >= 11 is 0. The van der Waals surface area contributed by atoms with E-state index in [0.717, 1.165) is 11.1 Å². The van der Waals surface area contributed by atoms with Crippen molar-refractivity contribution in [1.29, 1.82) is 0 Å². The summed E-state index contributed by atoms with van der Waals surface area (Å²) in [5.74, 6) is -0.00358. The summed E-state index contributed by atoms with van der Waals surface area (Å²) in [5, 5.41) is 4.30. The molecule has 2 heterocycles. The summed E-state index contributed by atoms with van der Waals surface area (Å²) in [4.78, 5) is 15.9. The lowest BCUT2D eigenvalue weighted by Gasteiger charge is -2.09. The van der Waals surface area contributed by atoms with Crippen molar-refractivity contribution in [2.75, 3.05) is 12.3 Å². The van der Waals surface area contributed by atoms with Crippen molar-refractivity contribution >= 4 is 10.0 Å². The molecule has 3 rings (SSSR count). The number of hydrogen-bond acceptors (Lipinski definition) is 5. The SMILES string of the molecule is O=c1ccc(-c2ccncc2)nn1CCNS(=O)(=O)CCc1ccccc1. The van der Waals surface area contributed by atoms with E-state index in [1.54, 1.807) is 30.6 Å². The highest BCUT2D eigenvalue weighted by Gasteiger charge is 2.10. The van der Waals surface area contributed by atoms with Crippen LogP contribution in [0, 0.1) is 0 Å². The van der Waals surface area contributed by atoms with Gasteiger partial charge in [-0.3, -0.25) is 9.78 Å². The maximum atomic E-state index is 12.1. The molecule has 8 heteroatoms. The number of aromatic nitrogens is 3. The first-order valence-electron chi connectivity index (χ1n) is 8.53. The number of pyridine rings is 1. The average molecular weight is 384 g/mol. The lowest BCUT2D eigenvalue weighted by atomic mass is 10.2. The number of nitrogens with one attached hydrogen (secondary N) is 1. The number of aryl methyl sites for hydroxylation is 1. The minimum Gasteiger partial charge on any atom is -0.268 e. The van der Waals surface area contributed by atoms with Gasteiger partial charge in [0.2, 0.25) is 10.0 Å². The largest absolute Gasteiger partial charge is 0.268 e. The van der Waals surface area contributed by atoms with Crippen LogP contribution in [0.2, 0.25) is 0 Å². The first-order chi connectivity index (χ1) is 13.0. The lowest BCUT2D eigenvalue weighted by molar-refractivity contribution is 0.548. The maximum absolute atomic E-state index is 12.1. The Labute approximate surface area is 157 Å². The summed E-state index contributed by atoms with van der Waals surface area (Å²) < 4.78 is 28.1. The van der Waals surface area contributed by atoms with Crippen LogP contribution in [0.5, 0.6) is 0 Å². The van der Waals surface area contributed by atoms with Gasteiger partial charge in [0.1, 0.15) is 0 Å². The molecule has 0 atom stereocenters. The van der Waals surface area contributed by atoms with E-state index in [0.29, 0.717) is 12.1 Å². The summed E-state index contributed by atoms with van der Waals surface area (Å²) in [6.07, 6.45) is 3.73. The molecule has 0 aliphatic heterocycles. The van der Waals surface area contributed by atoms with Crippen LogP contribution >= 0.6 is 0 Å². The predicted octanol–water partition coefficient (Wildman–Crippen LogP) is 1.47. The summed E-state index contributed by atoms with van der Waals surface area (Å²) in [5.41, 5.74) is 2.15. The van der Waals surface area contributed by atoms with Crippen LogP contribution in [0.25, 0.3) is 11.3 Å². The van der Waals surface area contributed by atoms with Gasteiger partial charge >= 0.3 is 0 Å². The third-order valence-corrected chi connectivity index (χ3v) is 5.38. The first kappa shape index (κ1) is 18.9. The van der Waals surface area contributed by atoms with Gasteiger partial charge in [-0.1, -0.05) is 30.3 Å². The maximum Gasteiger partial charge on any atom is 0.266 e. The molecule has 27 heavy (non-hydrogen) atoms. The van der Waals surface area contributed by atoms with E-state index < -0.39 is 10.0 Å². The van der Waals surface area contributed by atoms with Crippen molar-refractivity contribution in [3.8, 4) is 11.3 Å². The van der Waals surface area contributed by atoms with Gasteiger partial charge in [-0.25, -0.2) is 17.8 Å². The van der Waals surface area contributed by atoms with Crippen LogP contribution in [0.1, 0.15) is 5.56 Å². The lowest BCUT2D eigenvalue weighted by Crippen LogP contribution is -2.33. The molecule has 0 bridgehead atoms. The van der Waals surface area contributed by atoms with Crippen LogP contribution in [-0.4, -0.2) is 35.5 Å². The van der Waals surface area contributed by atoms with E-state index in [-0.39, 0.29) is 24.4 Å². The van der Waals surface area contributed by atoms with Gasteiger partial charge < -0.3 is 0 Å². The van der Waals surface area contributed by atoms with Gasteiger partial charge in [-0.15, -0.1) is 0 Å². The Bertz CT molecular complexity index is 1040.